The standard InChI is InChI=1S/C28H28N2O6/c1-4-35-26-12-8-6-10-22(26)24-16-23(29-30(24)17-19-9-5-7-11-25(19)34-3)21-14-13-20(33-2)15-27(21)36-18-28(31)32/h5-16H,4,17-18H2,1-3H3,(H,31,32). The third-order valence-corrected chi connectivity index (χ3v) is 5.57. The van der Waals surface area contributed by atoms with E-state index in [4.69, 9.17) is 29.2 Å². The molecule has 0 aliphatic carbocycles. The molecule has 0 spiro atoms. The molecule has 0 aliphatic rings. The number of aliphatic carboxylic acids is 1. The monoisotopic (exact) mass is 488 g/mol. The molecule has 0 saturated carbocycles. The Balaban J connectivity index is 1.86. The molecule has 0 radical (unpaired) electrons. The summed E-state index contributed by atoms with van der Waals surface area (Å²) in [4.78, 5) is 11.2. The van der Waals surface area contributed by atoms with Gasteiger partial charge in [0.2, 0.25) is 0 Å². The fourth-order valence-electron chi connectivity index (χ4n) is 3.94. The predicted octanol–water partition coefficient (Wildman–Crippen LogP) is 5.14. The SMILES string of the molecule is CCOc1ccccc1-c1cc(-c2ccc(OC)cc2OCC(=O)O)nn1Cc1ccccc1OC. The normalized spacial score (nSPS) is 10.6. The number of carboxylic acids is 1. The second kappa shape index (κ2) is 11.3. The van der Waals surface area contributed by atoms with Crippen molar-refractivity contribution in [1.82, 2.24) is 9.78 Å². The van der Waals surface area contributed by atoms with Crippen molar-refractivity contribution in [1.29, 1.82) is 0 Å². The van der Waals surface area contributed by atoms with Gasteiger partial charge in [0.1, 0.15) is 23.0 Å². The highest BCUT2D eigenvalue weighted by molar-refractivity contribution is 5.76. The minimum atomic E-state index is -1.07. The molecule has 0 saturated heterocycles. The van der Waals surface area contributed by atoms with Gasteiger partial charge in [0.25, 0.3) is 0 Å². The lowest BCUT2D eigenvalue weighted by molar-refractivity contribution is -0.139. The van der Waals surface area contributed by atoms with Crippen LogP contribution in [0.15, 0.2) is 72.8 Å². The smallest absolute Gasteiger partial charge is 0.341 e. The van der Waals surface area contributed by atoms with E-state index in [-0.39, 0.29) is 0 Å². The van der Waals surface area contributed by atoms with E-state index in [1.54, 1.807) is 26.4 Å². The summed E-state index contributed by atoms with van der Waals surface area (Å²) in [6, 6.07) is 22.8. The number of ether oxygens (including phenoxy) is 4. The fourth-order valence-corrected chi connectivity index (χ4v) is 3.94. The van der Waals surface area contributed by atoms with Crippen molar-refractivity contribution in [2.75, 3.05) is 27.4 Å². The van der Waals surface area contributed by atoms with Crippen LogP contribution in [-0.2, 0) is 11.3 Å². The van der Waals surface area contributed by atoms with Gasteiger partial charge in [-0.2, -0.15) is 5.10 Å². The number of methoxy groups -OCH3 is 2. The Kier molecular flexibility index (Phi) is 7.75. The van der Waals surface area contributed by atoms with Crippen molar-refractivity contribution in [2.24, 2.45) is 0 Å². The quantitative estimate of drug-likeness (QED) is 0.312. The molecule has 4 rings (SSSR count). The molecule has 1 heterocycles. The second-order valence-electron chi connectivity index (χ2n) is 7.86. The van der Waals surface area contributed by atoms with Gasteiger partial charge in [0.05, 0.1) is 38.8 Å². The van der Waals surface area contributed by atoms with Crippen LogP contribution >= 0.6 is 0 Å². The van der Waals surface area contributed by atoms with Crippen LogP contribution in [0.1, 0.15) is 12.5 Å². The molecule has 36 heavy (non-hydrogen) atoms. The van der Waals surface area contributed by atoms with Crippen molar-refractivity contribution < 1.29 is 28.8 Å². The lowest BCUT2D eigenvalue weighted by Crippen LogP contribution is -2.10. The first-order valence-electron chi connectivity index (χ1n) is 11.5. The van der Waals surface area contributed by atoms with E-state index in [2.05, 4.69) is 0 Å². The van der Waals surface area contributed by atoms with Gasteiger partial charge in [-0.15, -0.1) is 0 Å². The average Bonchev–Trinajstić information content (AvgIpc) is 3.31. The maximum Gasteiger partial charge on any atom is 0.341 e. The Morgan fingerprint density at radius 3 is 2.33 bits per heavy atom. The number of hydrogen-bond acceptors (Lipinski definition) is 6. The summed E-state index contributed by atoms with van der Waals surface area (Å²) in [6.07, 6.45) is 0. The Labute approximate surface area is 209 Å². The molecule has 4 aromatic rings. The molecule has 0 bridgehead atoms. The van der Waals surface area contributed by atoms with Gasteiger partial charge in [-0.1, -0.05) is 30.3 Å². The first kappa shape index (κ1) is 24.7. The molecule has 0 aliphatic heterocycles. The highest BCUT2D eigenvalue weighted by atomic mass is 16.5. The number of aromatic nitrogens is 2. The lowest BCUT2D eigenvalue weighted by atomic mass is 10.1. The predicted molar refractivity (Wildman–Crippen MR) is 136 cm³/mol. The van der Waals surface area contributed by atoms with Gasteiger partial charge in [0, 0.05) is 22.8 Å². The van der Waals surface area contributed by atoms with E-state index < -0.39 is 12.6 Å². The van der Waals surface area contributed by atoms with E-state index in [0.29, 0.717) is 35.9 Å². The number of carbonyl (C=O) groups is 1. The number of benzene rings is 3. The minimum Gasteiger partial charge on any atom is -0.497 e. The molecule has 3 aromatic carbocycles. The summed E-state index contributed by atoms with van der Waals surface area (Å²) in [6.45, 7) is 2.43. The Morgan fingerprint density at radius 2 is 1.61 bits per heavy atom. The molecule has 0 atom stereocenters. The molecule has 0 amide bonds. The van der Waals surface area contributed by atoms with Crippen LogP contribution in [0.25, 0.3) is 22.5 Å². The van der Waals surface area contributed by atoms with Crippen molar-refractivity contribution in [2.45, 2.75) is 13.5 Å². The third kappa shape index (κ3) is 5.43. The number of hydrogen-bond donors (Lipinski definition) is 1. The Bertz CT molecular complexity index is 1350. The van der Waals surface area contributed by atoms with Gasteiger partial charge < -0.3 is 24.1 Å². The Morgan fingerprint density at radius 1 is 0.861 bits per heavy atom. The zero-order chi connectivity index (χ0) is 25.5. The van der Waals surface area contributed by atoms with Crippen LogP contribution in [0.4, 0.5) is 0 Å². The Hall–Kier alpha value is -4.46. The fraction of sp³-hybridized carbons (Fsp3) is 0.214. The number of para-hydroxylation sites is 2. The van der Waals surface area contributed by atoms with Gasteiger partial charge in [-0.05, 0) is 43.3 Å². The average molecular weight is 489 g/mol. The van der Waals surface area contributed by atoms with Gasteiger partial charge in [0.15, 0.2) is 6.61 Å². The molecule has 186 valence electrons. The zero-order valence-corrected chi connectivity index (χ0v) is 20.4. The summed E-state index contributed by atoms with van der Waals surface area (Å²) < 4.78 is 24.3. The highest BCUT2D eigenvalue weighted by Crippen LogP contribution is 2.38. The maximum atomic E-state index is 11.2. The number of rotatable bonds is 11. The summed E-state index contributed by atoms with van der Waals surface area (Å²) in [5, 5.41) is 14.1. The molecule has 8 nitrogen and oxygen atoms in total. The van der Waals surface area contributed by atoms with Crippen LogP contribution < -0.4 is 18.9 Å². The molecular weight excluding hydrogens is 460 g/mol. The highest BCUT2D eigenvalue weighted by Gasteiger charge is 2.19. The van der Waals surface area contributed by atoms with E-state index in [9.17, 15) is 4.79 Å². The topological polar surface area (TPSA) is 92.0 Å². The van der Waals surface area contributed by atoms with Crippen LogP contribution in [0.2, 0.25) is 0 Å². The van der Waals surface area contributed by atoms with Gasteiger partial charge in [-0.3, -0.25) is 4.68 Å². The van der Waals surface area contributed by atoms with E-state index >= 15 is 0 Å². The summed E-state index contributed by atoms with van der Waals surface area (Å²) in [5.74, 6) is 1.34. The molecule has 0 fully saturated rings. The molecule has 1 aromatic heterocycles. The molecule has 8 heteroatoms. The van der Waals surface area contributed by atoms with Gasteiger partial charge >= 0.3 is 5.97 Å². The van der Waals surface area contributed by atoms with Gasteiger partial charge in [-0.25, -0.2) is 4.79 Å². The lowest BCUT2D eigenvalue weighted by Gasteiger charge is -2.13. The summed E-state index contributed by atoms with van der Waals surface area (Å²) in [5.41, 5.74) is 3.94. The van der Waals surface area contributed by atoms with Crippen molar-refractivity contribution in [3.8, 4) is 45.5 Å². The summed E-state index contributed by atoms with van der Waals surface area (Å²) >= 11 is 0. The molecule has 1 N–H and O–H groups in total. The number of nitrogens with zero attached hydrogens (tertiary/aromatic N) is 2. The van der Waals surface area contributed by atoms with Crippen LogP contribution in [0.3, 0.4) is 0 Å². The van der Waals surface area contributed by atoms with Crippen LogP contribution in [-0.4, -0.2) is 48.3 Å². The largest absolute Gasteiger partial charge is 0.497 e. The minimum absolute atomic E-state index is 0.364. The van der Waals surface area contributed by atoms with E-state index in [1.165, 1.54) is 0 Å². The zero-order valence-electron chi connectivity index (χ0n) is 20.4. The maximum absolute atomic E-state index is 11.2. The van der Waals surface area contributed by atoms with E-state index in [0.717, 1.165) is 28.3 Å². The summed E-state index contributed by atoms with van der Waals surface area (Å²) in [7, 11) is 3.18. The first-order chi connectivity index (χ1) is 17.5. The second-order valence-corrected chi connectivity index (χ2v) is 7.86. The third-order valence-electron chi connectivity index (χ3n) is 5.57. The number of carboxylic acid groups (broad SMARTS) is 1. The van der Waals surface area contributed by atoms with Crippen molar-refractivity contribution in [3.63, 3.8) is 0 Å². The van der Waals surface area contributed by atoms with E-state index in [1.807, 2.05) is 72.3 Å². The first-order valence-corrected chi connectivity index (χ1v) is 11.5. The van der Waals surface area contributed by atoms with Crippen molar-refractivity contribution in [3.05, 3.63) is 78.4 Å². The van der Waals surface area contributed by atoms with Crippen LogP contribution in [0, 0.1) is 0 Å². The van der Waals surface area contributed by atoms with Crippen molar-refractivity contribution >= 4 is 5.97 Å². The molecule has 0 unspecified atom stereocenters. The van der Waals surface area contributed by atoms with Crippen LogP contribution in [0.5, 0.6) is 23.0 Å². The molecular formula is C28H28N2O6.